The number of amides is 1. The van der Waals surface area contributed by atoms with Crippen molar-refractivity contribution in [2.75, 3.05) is 26.3 Å². The van der Waals surface area contributed by atoms with Crippen molar-refractivity contribution in [2.45, 2.75) is 19.4 Å². The Bertz CT molecular complexity index is 483. The molecule has 0 spiro atoms. The zero-order valence-electron chi connectivity index (χ0n) is 11.2. The second-order valence-electron chi connectivity index (χ2n) is 5.86. The molecule has 4 nitrogen and oxygen atoms in total. The van der Waals surface area contributed by atoms with Gasteiger partial charge in [-0.25, -0.2) is 0 Å². The van der Waals surface area contributed by atoms with Gasteiger partial charge in [0.2, 0.25) is 5.91 Å². The molecule has 1 aromatic rings. The number of carbonyl (C=O) groups excluding carboxylic acids is 1. The van der Waals surface area contributed by atoms with Gasteiger partial charge < -0.3 is 15.4 Å². The van der Waals surface area contributed by atoms with Crippen LogP contribution in [-0.4, -0.2) is 32.2 Å². The highest BCUT2D eigenvalue weighted by atomic mass is 16.5. The van der Waals surface area contributed by atoms with Crippen LogP contribution < -0.4 is 10.6 Å². The topological polar surface area (TPSA) is 50.4 Å². The highest BCUT2D eigenvalue weighted by molar-refractivity contribution is 5.84. The fraction of sp³-hybridized carbons (Fsp3) is 0.533. The predicted molar refractivity (Wildman–Crippen MR) is 72.8 cm³/mol. The molecule has 3 rings (SSSR count). The SMILES string of the molecule is CC1(CNC(=O)C2NCCc3ccccc32)COC1. The summed E-state index contributed by atoms with van der Waals surface area (Å²) in [6, 6.07) is 7.96. The van der Waals surface area contributed by atoms with E-state index in [-0.39, 0.29) is 17.4 Å². The number of benzene rings is 1. The van der Waals surface area contributed by atoms with Crippen molar-refractivity contribution < 1.29 is 9.53 Å². The number of hydrogen-bond donors (Lipinski definition) is 2. The molecule has 2 aliphatic heterocycles. The summed E-state index contributed by atoms with van der Waals surface area (Å²) >= 11 is 0. The van der Waals surface area contributed by atoms with E-state index >= 15 is 0 Å². The Morgan fingerprint density at radius 2 is 2.26 bits per heavy atom. The van der Waals surface area contributed by atoms with Crippen molar-refractivity contribution in [2.24, 2.45) is 5.41 Å². The molecule has 1 saturated heterocycles. The van der Waals surface area contributed by atoms with Crippen molar-refractivity contribution in [1.29, 1.82) is 0 Å². The van der Waals surface area contributed by atoms with Gasteiger partial charge in [-0.15, -0.1) is 0 Å². The van der Waals surface area contributed by atoms with Crippen LogP contribution in [0.25, 0.3) is 0 Å². The summed E-state index contributed by atoms with van der Waals surface area (Å²) in [6.45, 7) is 5.16. The fourth-order valence-electron chi connectivity index (χ4n) is 2.69. The Kier molecular flexibility index (Phi) is 3.29. The first-order chi connectivity index (χ1) is 9.18. The minimum Gasteiger partial charge on any atom is -0.380 e. The molecule has 1 fully saturated rings. The molecule has 0 aliphatic carbocycles. The van der Waals surface area contributed by atoms with Crippen LogP contribution in [0.15, 0.2) is 24.3 Å². The second kappa shape index (κ2) is 4.94. The molecular formula is C15H20N2O2. The number of fused-ring (bicyclic) bond motifs is 1. The Hall–Kier alpha value is -1.39. The molecule has 2 aliphatic rings. The lowest BCUT2D eigenvalue weighted by Crippen LogP contribution is -2.51. The van der Waals surface area contributed by atoms with Gasteiger partial charge in [0.1, 0.15) is 6.04 Å². The molecule has 1 aromatic carbocycles. The van der Waals surface area contributed by atoms with Crippen molar-refractivity contribution in [1.82, 2.24) is 10.6 Å². The molecule has 2 N–H and O–H groups in total. The van der Waals surface area contributed by atoms with Crippen LogP contribution >= 0.6 is 0 Å². The van der Waals surface area contributed by atoms with Crippen LogP contribution in [0.5, 0.6) is 0 Å². The smallest absolute Gasteiger partial charge is 0.241 e. The summed E-state index contributed by atoms with van der Waals surface area (Å²) in [5.41, 5.74) is 2.50. The van der Waals surface area contributed by atoms with Crippen molar-refractivity contribution in [3.05, 3.63) is 35.4 Å². The van der Waals surface area contributed by atoms with Crippen molar-refractivity contribution >= 4 is 5.91 Å². The molecule has 19 heavy (non-hydrogen) atoms. The van der Waals surface area contributed by atoms with E-state index < -0.39 is 0 Å². The molecule has 0 saturated carbocycles. The zero-order chi connectivity index (χ0) is 13.3. The zero-order valence-corrected chi connectivity index (χ0v) is 11.2. The van der Waals surface area contributed by atoms with E-state index in [2.05, 4.69) is 23.6 Å². The largest absolute Gasteiger partial charge is 0.380 e. The minimum atomic E-state index is -0.213. The van der Waals surface area contributed by atoms with Gasteiger partial charge in [-0.2, -0.15) is 0 Å². The van der Waals surface area contributed by atoms with Gasteiger partial charge in [0.15, 0.2) is 0 Å². The van der Waals surface area contributed by atoms with Gasteiger partial charge in [-0.3, -0.25) is 4.79 Å². The van der Waals surface area contributed by atoms with E-state index in [1.807, 2.05) is 18.2 Å². The lowest BCUT2D eigenvalue weighted by atomic mass is 9.88. The third-order valence-corrected chi connectivity index (χ3v) is 3.96. The summed E-state index contributed by atoms with van der Waals surface area (Å²) in [7, 11) is 0. The Labute approximate surface area is 113 Å². The second-order valence-corrected chi connectivity index (χ2v) is 5.86. The first kappa shape index (κ1) is 12.6. The number of hydrogen-bond acceptors (Lipinski definition) is 3. The van der Waals surface area contributed by atoms with Gasteiger partial charge in [-0.05, 0) is 17.5 Å². The summed E-state index contributed by atoms with van der Waals surface area (Å²) in [6.07, 6.45) is 0.992. The van der Waals surface area contributed by atoms with Crippen LogP contribution in [0.4, 0.5) is 0 Å². The average Bonchev–Trinajstić information content (AvgIpc) is 2.42. The lowest BCUT2D eigenvalue weighted by Gasteiger charge is -2.38. The molecule has 1 amide bonds. The van der Waals surface area contributed by atoms with E-state index in [4.69, 9.17) is 4.74 Å². The third-order valence-electron chi connectivity index (χ3n) is 3.96. The van der Waals surface area contributed by atoms with Gasteiger partial charge in [0.25, 0.3) is 0 Å². The van der Waals surface area contributed by atoms with Crippen LogP contribution in [0, 0.1) is 5.41 Å². The monoisotopic (exact) mass is 260 g/mol. The highest BCUT2D eigenvalue weighted by Gasteiger charge is 2.35. The molecule has 1 atom stereocenters. The summed E-state index contributed by atoms with van der Waals surface area (Å²) in [5.74, 6) is 0.0697. The standard InChI is InChI=1S/C15H20N2O2/c1-15(9-19-10-15)8-17-14(18)13-12-5-3-2-4-11(12)6-7-16-13/h2-5,13,16H,6-10H2,1H3,(H,17,18). The molecule has 0 radical (unpaired) electrons. The van der Waals surface area contributed by atoms with E-state index in [1.165, 1.54) is 5.56 Å². The Morgan fingerprint density at radius 1 is 1.47 bits per heavy atom. The number of ether oxygens (including phenoxy) is 1. The quantitative estimate of drug-likeness (QED) is 0.853. The summed E-state index contributed by atoms with van der Waals surface area (Å²) in [5, 5.41) is 6.36. The van der Waals surface area contributed by atoms with Crippen LogP contribution in [0.2, 0.25) is 0 Å². The molecular weight excluding hydrogens is 240 g/mol. The normalized spacial score (nSPS) is 24.2. The maximum absolute atomic E-state index is 12.3. The predicted octanol–water partition coefficient (Wildman–Crippen LogP) is 1.03. The molecule has 0 bridgehead atoms. The summed E-state index contributed by atoms with van der Waals surface area (Å²) < 4.78 is 5.20. The first-order valence-electron chi connectivity index (χ1n) is 6.85. The maximum atomic E-state index is 12.3. The maximum Gasteiger partial charge on any atom is 0.241 e. The van der Waals surface area contributed by atoms with Gasteiger partial charge in [0, 0.05) is 18.5 Å². The van der Waals surface area contributed by atoms with Crippen LogP contribution in [-0.2, 0) is 16.0 Å². The molecule has 4 heteroatoms. The average molecular weight is 260 g/mol. The van der Waals surface area contributed by atoms with Gasteiger partial charge >= 0.3 is 0 Å². The molecule has 102 valence electrons. The highest BCUT2D eigenvalue weighted by Crippen LogP contribution is 2.26. The van der Waals surface area contributed by atoms with Gasteiger partial charge in [-0.1, -0.05) is 31.2 Å². The Balaban J connectivity index is 1.67. The van der Waals surface area contributed by atoms with Crippen LogP contribution in [0.1, 0.15) is 24.1 Å². The molecule has 2 heterocycles. The van der Waals surface area contributed by atoms with Gasteiger partial charge in [0.05, 0.1) is 13.2 Å². The Morgan fingerprint density at radius 3 is 3.00 bits per heavy atom. The van der Waals surface area contributed by atoms with E-state index in [0.717, 1.165) is 31.7 Å². The number of rotatable bonds is 3. The van der Waals surface area contributed by atoms with Crippen molar-refractivity contribution in [3.63, 3.8) is 0 Å². The first-order valence-corrected chi connectivity index (χ1v) is 6.85. The van der Waals surface area contributed by atoms with E-state index in [1.54, 1.807) is 0 Å². The third kappa shape index (κ3) is 2.51. The molecule has 1 unspecified atom stereocenters. The minimum absolute atomic E-state index is 0.0697. The summed E-state index contributed by atoms with van der Waals surface area (Å²) in [4.78, 5) is 12.3. The van der Waals surface area contributed by atoms with E-state index in [9.17, 15) is 4.79 Å². The van der Waals surface area contributed by atoms with Crippen LogP contribution in [0.3, 0.4) is 0 Å². The van der Waals surface area contributed by atoms with E-state index in [0.29, 0.717) is 6.54 Å². The lowest BCUT2D eigenvalue weighted by molar-refractivity contribution is -0.128. The number of nitrogens with one attached hydrogen (secondary N) is 2. The van der Waals surface area contributed by atoms with Crippen molar-refractivity contribution in [3.8, 4) is 0 Å². The molecule has 0 aromatic heterocycles. The fourth-order valence-corrected chi connectivity index (χ4v) is 2.69. The number of carbonyl (C=O) groups is 1.